The van der Waals surface area contributed by atoms with Gasteiger partial charge in [-0.15, -0.1) is 0 Å². The van der Waals surface area contributed by atoms with Crippen LogP contribution in [0, 0.1) is 0 Å². The van der Waals surface area contributed by atoms with E-state index in [1.54, 1.807) is 11.1 Å². The first kappa shape index (κ1) is 12.2. The summed E-state index contributed by atoms with van der Waals surface area (Å²) in [6, 6.07) is 9.73. The van der Waals surface area contributed by atoms with E-state index in [1.807, 2.05) is 0 Å². The second kappa shape index (κ2) is 5.85. The molecule has 2 N–H and O–H groups in total. The summed E-state index contributed by atoms with van der Waals surface area (Å²) in [6.07, 6.45) is 6.61. The van der Waals surface area contributed by atoms with Gasteiger partial charge in [-0.05, 0) is 62.4 Å². The highest BCUT2D eigenvalue weighted by Crippen LogP contribution is 2.33. The van der Waals surface area contributed by atoms with Gasteiger partial charge in [0, 0.05) is 6.04 Å². The summed E-state index contributed by atoms with van der Waals surface area (Å²) in [5.74, 6) is 0.770. The molecule has 0 amide bonds. The number of rotatable bonds is 2. The van der Waals surface area contributed by atoms with Crippen molar-refractivity contribution < 1.29 is 0 Å². The Morgan fingerprint density at radius 3 is 2.33 bits per heavy atom. The maximum atomic E-state index is 3.70. The number of hydrogen-bond donors (Lipinski definition) is 2. The first-order valence-electron chi connectivity index (χ1n) is 7.48. The Bertz CT molecular complexity index is 339. The van der Waals surface area contributed by atoms with Crippen molar-refractivity contribution in [2.75, 3.05) is 19.6 Å². The fraction of sp³-hybridized carbons (Fsp3) is 0.625. The van der Waals surface area contributed by atoms with E-state index in [0.29, 0.717) is 6.04 Å². The SMILES string of the molecule is c1ccc(C2CCCCN2)c(C2CCNCC2)c1. The largest absolute Gasteiger partial charge is 0.317 e. The molecule has 2 aliphatic rings. The van der Waals surface area contributed by atoms with Crippen LogP contribution in [0.15, 0.2) is 24.3 Å². The highest BCUT2D eigenvalue weighted by Gasteiger charge is 2.22. The molecule has 1 atom stereocenters. The topological polar surface area (TPSA) is 24.1 Å². The monoisotopic (exact) mass is 244 g/mol. The van der Waals surface area contributed by atoms with Crippen LogP contribution in [0.4, 0.5) is 0 Å². The van der Waals surface area contributed by atoms with Crippen molar-refractivity contribution in [2.45, 2.75) is 44.1 Å². The Balaban J connectivity index is 1.83. The van der Waals surface area contributed by atoms with Gasteiger partial charge in [-0.25, -0.2) is 0 Å². The van der Waals surface area contributed by atoms with Gasteiger partial charge in [0.05, 0.1) is 0 Å². The van der Waals surface area contributed by atoms with Crippen LogP contribution in [0.1, 0.15) is 55.2 Å². The minimum atomic E-state index is 0.602. The maximum Gasteiger partial charge on any atom is 0.0323 e. The van der Waals surface area contributed by atoms with Gasteiger partial charge in [0.15, 0.2) is 0 Å². The lowest BCUT2D eigenvalue weighted by Gasteiger charge is -2.30. The maximum absolute atomic E-state index is 3.70. The minimum Gasteiger partial charge on any atom is -0.317 e. The molecule has 2 aliphatic heterocycles. The molecule has 0 bridgehead atoms. The predicted molar refractivity (Wildman–Crippen MR) is 75.9 cm³/mol. The average Bonchev–Trinajstić information content (AvgIpc) is 2.49. The second-order valence-corrected chi connectivity index (χ2v) is 5.66. The Hall–Kier alpha value is -0.860. The molecule has 2 nitrogen and oxygen atoms in total. The lowest BCUT2D eigenvalue weighted by Crippen LogP contribution is -2.30. The van der Waals surface area contributed by atoms with Gasteiger partial charge >= 0.3 is 0 Å². The summed E-state index contributed by atoms with van der Waals surface area (Å²) in [4.78, 5) is 0. The summed E-state index contributed by atoms with van der Waals surface area (Å²) in [5.41, 5.74) is 3.18. The van der Waals surface area contributed by atoms with E-state index in [1.165, 1.54) is 51.7 Å². The number of benzene rings is 1. The normalized spacial score (nSPS) is 26.1. The van der Waals surface area contributed by atoms with Gasteiger partial charge in [-0.1, -0.05) is 30.7 Å². The van der Waals surface area contributed by atoms with Gasteiger partial charge in [0.25, 0.3) is 0 Å². The molecule has 2 fully saturated rings. The van der Waals surface area contributed by atoms with Crippen LogP contribution in [0.25, 0.3) is 0 Å². The average molecular weight is 244 g/mol. The van der Waals surface area contributed by atoms with Crippen molar-refractivity contribution in [3.63, 3.8) is 0 Å². The van der Waals surface area contributed by atoms with Crippen molar-refractivity contribution in [1.82, 2.24) is 10.6 Å². The van der Waals surface area contributed by atoms with E-state index < -0.39 is 0 Å². The molecule has 1 unspecified atom stereocenters. The quantitative estimate of drug-likeness (QED) is 0.836. The zero-order chi connectivity index (χ0) is 12.2. The molecule has 0 aliphatic carbocycles. The molecular weight excluding hydrogens is 220 g/mol. The second-order valence-electron chi connectivity index (χ2n) is 5.66. The third-order valence-corrected chi connectivity index (χ3v) is 4.46. The molecule has 2 heteroatoms. The van der Waals surface area contributed by atoms with Gasteiger partial charge in [-0.3, -0.25) is 0 Å². The minimum absolute atomic E-state index is 0.602. The smallest absolute Gasteiger partial charge is 0.0323 e. The lowest BCUT2D eigenvalue weighted by molar-refractivity contribution is 0.401. The van der Waals surface area contributed by atoms with Crippen molar-refractivity contribution >= 4 is 0 Å². The molecule has 1 aromatic carbocycles. The lowest BCUT2D eigenvalue weighted by atomic mass is 9.83. The molecule has 0 saturated carbocycles. The predicted octanol–water partition coefficient (Wildman–Crippen LogP) is 2.97. The summed E-state index contributed by atoms with van der Waals surface area (Å²) in [5, 5.41) is 7.17. The molecule has 98 valence electrons. The van der Waals surface area contributed by atoms with Crippen molar-refractivity contribution in [3.8, 4) is 0 Å². The van der Waals surface area contributed by atoms with Crippen LogP contribution < -0.4 is 10.6 Å². The van der Waals surface area contributed by atoms with Gasteiger partial charge in [0.1, 0.15) is 0 Å². The summed E-state index contributed by atoms with van der Waals surface area (Å²) < 4.78 is 0. The molecule has 18 heavy (non-hydrogen) atoms. The van der Waals surface area contributed by atoms with E-state index in [-0.39, 0.29) is 0 Å². The van der Waals surface area contributed by atoms with Crippen LogP contribution in [0.3, 0.4) is 0 Å². The first-order chi connectivity index (χ1) is 8.95. The fourth-order valence-corrected chi connectivity index (χ4v) is 3.45. The Morgan fingerprint density at radius 1 is 0.833 bits per heavy atom. The zero-order valence-corrected chi connectivity index (χ0v) is 11.1. The van der Waals surface area contributed by atoms with Gasteiger partial charge in [0.2, 0.25) is 0 Å². The molecule has 1 aromatic rings. The Labute approximate surface area is 110 Å². The highest BCUT2D eigenvalue weighted by atomic mass is 14.9. The van der Waals surface area contributed by atoms with Crippen LogP contribution in [0.5, 0.6) is 0 Å². The van der Waals surface area contributed by atoms with Crippen molar-refractivity contribution in [2.24, 2.45) is 0 Å². The molecule has 0 radical (unpaired) electrons. The van der Waals surface area contributed by atoms with Gasteiger partial charge < -0.3 is 10.6 Å². The number of nitrogens with one attached hydrogen (secondary N) is 2. The first-order valence-corrected chi connectivity index (χ1v) is 7.48. The van der Waals surface area contributed by atoms with Crippen LogP contribution in [0.2, 0.25) is 0 Å². The van der Waals surface area contributed by atoms with E-state index in [2.05, 4.69) is 34.9 Å². The van der Waals surface area contributed by atoms with Crippen molar-refractivity contribution in [1.29, 1.82) is 0 Å². The summed E-state index contributed by atoms with van der Waals surface area (Å²) >= 11 is 0. The molecule has 3 rings (SSSR count). The molecule has 0 aromatic heterocycles. The third kappa shape index (κ3) is 2.60. The number of piperidine rings is 2. The molecular formula is C16H24N2. The Kier molecular flexibility index (Phi) is 3.96. The summed E-state index contributed by atoms with van der Waals surface area (Å²) in [7, 11) is 0. The fourth-order valence-electron chi connectivity index (χ4n) is 3.45. The zero-order valence-electron chi connectivity index (χ0n) is 11.1. The molecule has 0 spiro atoms. The van der Waals surface area contributed by atoms with E-state index in [0.717, 1.165) is 5.92 Å². The standard InChI is InChI=1S/C16H24N2/c1-2-6-15(16-7-3-4-10-18-16)14(5-1)13-8-11-17-12-9-13/h1-2,5-6,13,16-18H,3-4,7-12H2. The van der Waals surface area contributed by atoms with E-state index in [9.17, 15) is 0 Å². The van der Waals surface area contributed by atoms with E-state index >= 15 is 0 Å². The third-order valence-electron chi connectivity index (χ3n) is 4.46. The summed E-state index contributed by atoms with van der Waals surface area (Å²) in [6.45, 7) is 3.54. The van der Waals surface area contributed by atoms with Gasteiger partial charge in [-0.2, -0.15) is 0 Å². The number of hydrogen-bond acceptors (Lipinski definition) is 2. The Morgan fingerprint density at radius 2 is 1.61 bits per heavy atom. The van der Waals surface area contributed by atoms with Crippen LogP contribution in [-0.2, 0) is 0 Å². The molecule has 2 heterocycles. The van der Waals surface area contributed by atoms with Crippen molar-refractivity contribution in [3.05, 3.63) is 35.4 Å². The van der Waals surface area contributed by atoms with Crippen LogP contribution in [-0.4, -0.2) is 19.6 Å². The highest BCUT2D eigenvalue weighted by molar-refractivity contribution is 5.33. The van der Waals surface area contributed by atoms with E-state index in [4.69, 9.17) is 0 Å². The van der Waals surface area contributed by atoms with Crippen LogP contribution >= 0.6 is 0 Å². The molecule has 2 saturated heterocycles.